The Kier molecular flexibility index (Phi) is 3.94. The summed E-state index contributed by atoms with van der Waals surface area (Å²) in [6.07, 6.45) is 2.44. The molecule has 122 valence electrons. The Morgan fingerprint density at radius 1 is 1.36 bits per heavy atom. The SMILES string of the molecule is NC(=O)[C@@H]1CCCN1C(=O)CN1CC2(CCNCC2)OC1=O. The molecule has 0 unspecified atom stereocenters. The molecule has 3 aliphatic heterocycles. The van der Waals surface area contributed by atoms with Gasteiger partial charge in [0.15, 0.2) is 0 Å². The first kappa shape index (κ1) is 15.1. The molecule has 3 N–H and O–H groups in total. The number of nitrogens with one attached hydrogen (secondary N) is 1. The summed E-state index contributed by atoms with van der Waals surface area (Å²) in [6, 6.07) is -0.543. The highest BCUT2D eigenvalue weighted by Crippen LogP contribution is 2.31. The maximum atomic E-state index is 12.4. The van der Waals surface area contributed by atoms with Crippen molar-refractivity contribution in [2.24, 2.45) is 5.73 Å². The van der Waals surface area contributed by atoms with Gasteiger partial charge in [-0.1, -0.05) is 0 Å². The highest BCUT2D eigenvalue weighted by molar-refractivity contribution is 5.89. The molecule has 1 spiro atoms. The van der Waals surface area contributed by atoms with E-state index in [0.717, 1.165) is 32.4 Å². The van der Waals surface area contributed by atoms with Crippen LogP contribution in [0.2, 0.25) is 0 Å². The fraction of sp³-hybridized carbons (Fsp3) is 0.786. The second kappa shape index (κ2) is 5.75. The van der Waals surface area contributed by atoms with Gasteiger partial charge in [-0.15, -0.1) is 0 Å². The minimum Gasteiger partial charge on any atom is -0.441 e. The predicted molar refractivity (Wildman–Crippen MR) is 76.8 cm³/mol. The van der Waals surface area contributed by atoms with Crippen LogP contribution >= 0.6 is 0 Å². The molecule has 0 bridgehead atoms. The summed E-state index contributed by atoms with van der Waals surface area (Å²) in [4.78, 5) is 38.7. The van der Waals surface area contributed by atoms with Crippen molar-refractivity contribution in [1.29, 1.82) is 0 Å². The van der Waals surface area contributed by atoms with E-state index in [-0.39, 0.29) is 12.5 Å². The molecular formula is C14H22N4O4. The average molecular weight is 310 g/mol. The monoisotopic (exact) mass is 310 g/mol. The maximum Gasteiger partial charge on any atom is 0.410 e. The number of hydrogen-bond acceptors (Lipinski definition) is 5. The van der Waals surface area contributed by atoms with Gasteiger partial charge in [0, 0.05) is 19.4 Å². The second-order valence-corrected chi connectivity index (χ2v) is 6.30. The van der Waals surface area contributed by atoms with Crippen LogP contribution in [-0.2, 0) is 14.3 Å². The quantitative estimate of drug-likeness (QED) is 0.698. The number of nitrogens with two attached hydrogens (primary N) is 1. The van der Waals surface area contributed by atoms with Crippen molar-refractivity contribution in [3.8, 4) is 0 Å². The average Bonchev–Trinajstić information content (AvgIpc) is 3.06. The number of hydrogen-bond donors (Lipinski definition) is 2. The van der Waals surface area contributed by atoms with E-state index in [0.29, 0.717) is 19.5 Å². The van der Waals surface area contributed by atoms with Crippen LogP contribution in [0.25, 0.3) is 0 Å². The topological polar surface area (TPSA) is 105 Å². The summed E-state index contributed by atoms with van der Waals surface area (Å²) in [7, 11) is 0. The largest absolute Gasteiger partial charge is 0.441 e. The Labute approximate surface area is 128 Å². The first-order valence-electron chi connectivity index (χ1n) is 7.78. The van der Waals surface area contributed by atoms with E-state index in [4.69, 9.17) is 10.5 Å². The number of ether oxygens (including phenoxy) is 1. The van der Waals surface area contributed by atoms with E-state index in [1.54, 1.807) is 0 Å². The van der Waals surface area contributed by atoms with Crippen molar-refractivity contribution in [3.05, 3.63) is 0 Å². The fourth-order valence-electron chi connectivity index (χ4n) is 3.57. The molecule has 3 saturated heterocycles. The molecule has 0 aromatic carbocycles. The van der Waals surface area contributed by atoms with Gasteiger partial charge in [-0.25, -0.2) is 4.79 Å². The Morgan fingerprint density at radius 2 is 2.09 bits per heavy atom. The van der Waals surface area contributed by atoms with Crippen LogP contribution in [-0.4, -0.2) is 72.1 Å². The number of amides is 3. The lowest BCUT2D eigenvalue weighted by molar-refractivity contribution is -0.137. The molecule has 0 radical (unpaired) electrons. The van der Waals surface area contributed by atoms with E-state index in [9.17, 15) is 14.4 Å². The van der Waals surface area contributed by atoms with Crippen LogP contribution in [0, 0.1) is 0 Å². The van der Waals surface area contributed by atoms with Crippen molar-refractivity contribution >= 4 is 17.9 Å². The third-order valence-electron chi connectivity index (χ3n) is 4.78. The molecule has 22 heavy (non-hydrogen) atoms. The second-order valence-electron chi connectivity index (χ2n) is 6.30. The van der Waals surface area contributed by atoms with Gasteiger partial charge in [-0.05, 0) is 25.9 Å². The summed E-state index contributed by atoms with van der Waals surface area (Å²) >= 11 is 0. The van der Waals surface area contributed by atoms with Crippen molar-refractivity contribution in [3.63, 3.8) is 0 Å². The molecule has 8 heteroatoms. The van der Waals surface area contributed by atoms with Gasteiger partial charge in [-0.3, -0.25) is 14.5 Å². The molecule has 0 aromatic heterocycles. The van der Waals surface area contributed by atoms with Crippen molar-refractivity contribution < 1.29 is 19.1 Å². The van der Waals surface area contributed by atoms with E-state index in [1.807, 2.05) is 0 Å². The zero-order valence-electron chi connectivity index (χ0n) is 12.5. The third kappa shape index (κ3) is 2.75. The van der Waals surface area contributed by atoms with E-state index in [1.165, 1.54) is 9.80 Å². The zero-order chi connectivity index (χ0) is 15.7. The molecule has 0 aromatic rings. The van der Waals surface area contributed by atoms with E-state index >= 15 is 0 Å². The molecule has 0 aliphatic carbocycles. The predicted octanol–water partition coefficient (Wildman–Crippen LogP) is -0.963. The Balaban J connectivity index is 1.62. The summed E-state index contributed by atoms with van der Waals surface area (Å²) in [6.45, 7) is 2.53. The van der Waals surface area contributed by atoms with E-state index in [2.05, 4.69) is 5.32 Å². The first-order chi connectivity index (χ1) is 10.5. The van der Waals surface area contributed by atoms with Gasteiger partial charge in [0.2, 0.25) is 11.8 Å². The minimum absolute atomic E-state index is 0.0439. The summed E-state index contributed by atoms with van der Waals surface area (Å²) in [5.74, 6) is -0.714. The number of carbonyl (C=O) groups excluding carboxylic acids is 3. The van der Waals surface area contributed by atoms with Gasteiger partial charge < -0.3 is 20.7 Å². The molecule has 0 saturated carbocycles. The smallest absolute Gasteiger partial charge is 0.410 e. The highest BCUT2D eigenvalue weighted by atomic mass is 16.6. The van der Waals surface area contributed by atoms with Gasteiger partial charge >= 0.3 is 6.09 Å². The standard InChI is InChI=1S/C14H22N4O4/c15-12(20)10-2-1-7-18(10)11(19)8-17-9-14(22-13(17)21)3-5-16-6-4-14/h10,16H,1-9H2,(H2,15,20)/t10-/m0/s1. The number of piperidine rings is 1. The fourth-order valence-corrected chi connectivity index (χ4v) is 3.57. The Morgan fingerprint density at radius 3 is 2.77 bits per heavy atom. The van der Waals surface area contributed by atoms with Crippen LogP contribution in [0.15, 0.2) is 0 Å². The number of likely N-dealkylation sites (tertiary alicyclic amines) is 1. The van der Waals surface area contributed by atoms with Gasteiger partial charge in [0.25, 0.3) is 0 Å². The molecule has 3 amide bonds. The van der Waals surface area contributed by atoms with E-state index < -0.39 is 23.6 Å². The lowest BCUT2D eigenvalue weighted by Crippen LogP contribution is -2.49. The van der Waals surface area contributed by atoms with Crippen LogP contribution in [0.5, 0.6) is 0 Å². The van der Waals surface area contributed by atoms with Crippen LogP contribution in [0.1, 0.15) is 25.7 Å². The number of carbonyl (C=O) groups is 3. The summed E-state index contributed by atoms with van der Waals surface area (Å²) in [5, 5.41) is 3.23. The summed E-state index contributed by atoms with van der Waals surface area (Å²) < 4.78 is 5.52. The molecule has 1 atom stereocenters. The minimum atomic E-state index is -0.543. The van der Waals surface area contributed by atoms with Crippen molar-refractivity contribution in [2.45, 2.75) is 37.3 Å². The Bertz CT molecular complexity index is 489. The normalized spacial score (nSPS) is 27.3. The number of nitrogens with zero attached hydrogens (tertiary/aromatic N) is 2. The van der Waals surface area contributed by atoms with Gasteiger partial charge in [0.1, 0.15) is 18.2 Å². The zero-order valence-corrected chi connectivity index (χ0v) is 12.5. The van der Waals surface area contributed by atoms with Crippen LogP contribution in [0.4, 0.5) is 4.79 Å². The lowest BCUT2D eigenvalue weighted by Gasteiger charge is -2.31. The third-order valence-corrected chi connectivity index (χ3v) is 4.78. The first-order valence-corrected chi connectivity index (χ1v) is 7.78. The van der Waals surface area contributed by atoms with Crippen LogP contribution < -0.4 is 11.1 Å². The number of primary amides is 1. The molecule has 8 nitrogen and oxygen atoms in total. The Hall–Kier alpha value is -1.83. The van der Waals surface area contributed by atoms with Crippen molar-refractivity contribution in [1.82, 2.24) is 15.1 Å². The van der Waals surface area contributed by atoms with Crippen molar-refractivity contribution in [2.75, 3.05) is 32.7 Å². The lowest BCUT2D eigenvalue weighted by atomic mass is 9.92. The molecule has 3 aliphatic rings. The van der Waals surface area contributed by atoms with Crippen LogP contribution in [0.3, 0.4) is 0 Å². The molecule has 3 rings (SSSR count). The van der Waals surface area contributed by atoms with Gasteiger partial charge in [-0.2, -0.15) is 0 Å². The summed E-state index contributed by atoms with van der Waals surface area (Å²) in [5.41, 5.74) is 4.87. The molecule has 3 heterocycles. The molecule has 3 fully saturated rings. The molecular weight excluding hydrogens is 288 g/mol. The maximum absolute atomic E-state index is 12.4. The van der Waals surface area contributed by atoms with Gasteiger partial charge in [0.05, 0.1) is 6.54 Å². The highest BCUT2D eigenvalue weighted by Gasteiger charge is 2.46. The number of rotatable bonds is 3.